The van der Waals surface area contributed by atoms with Gasteiger partial charge in [-0.1, -0.05) is 6.42 Å². The summed E-state index contributed by atoms with van der Waals surface area (Å²) in [6.45, 7) is 2.87. The predicted octanol–water partition coefficient (Wildman–Crippen LogP) is 0.139. The molecule has 0 fully saturated rings. The van der Waals surface area contributed by atoms with E-state index in [-0.39, 0.29) is 5.91 Å². The third-order valence-corrected chi connectivity index (χ3v) is 3.09. The van der Waals surface area contributed by atoms with E-state index in [0.717, 1.165) is 38.2 Å². The minimum Gasteiger partial charge on any atom is -0.333 e. The van der Waals surface area contributed by atoms with Crippen LogP contribution in [-0.4, -0.2) is 38.7 Å². The maximum atomic E-state index is 11.9. The van der Waals surface area contributed by atoms with Gasteiger partial charge in [0.1, 0.15) is 6.33 Å². The number of unbranched alkanes of at least 4 members (excludes halogenated alkanes) is 2. The van der Waals surface area contributed by atoms with Gasteiger partial charge in [-0.05, 0) is 19.4 Å². The van der Waals surface area contributed by atoms with E-state index in [9.17, 15) is 4.79 Å². The summed E-state index contributed by atoms with van der Waals surface area (Å²) in [6, 6.07) is 0. The fraction of sp³-hybridized carbons (Fsp3) is 0.727. The third kappa shape index (κ3) is 3.03. The SMILES string of the molecule is NCCCCCC(=O)N1CCn2cnnc2C1. The molecule has 1 amide bonds. The third-order valence-electron chi connectivity index (χ3n) is 3.09. The lowest BCUT2D eigenvalue weighted by molar-refractivity contribution is -0.132. The quantitative estimate of drug-likeness (QED) is 0.739. The fourth-order valence-corrected chi connectivity index (χ4v) is 2.03. The highest BCUT2D eigenvalue weighted by Gasteiger charge is 2.20. The van der Waals surface area contributed by atoms with Crippen LogP contribution in [-0.2, 0) is 17.9 Å². The summed E-state index contributed by atoms with van der Waals surface area (Å²) in [5.41, 5.74) is 5.42. The van der Waals surface area contributed by atoms with Gasteiger partial charge in [0, 0.05) is 19.5 Å². The van der Waals surface area contributed by atoms with Gasteiger partial charge in [0.25, 0.3) is 0 Å². The summed E-state index contributed by atoms with van der Waals surface area (Å²) in [6.07, 6.45) is 5.31. The molecule has 17 heavy (non-hydrogen) atoms. The molecule has 6 nitrogen and oxygen atoms in total. The second-order valence-electron chi connectivity index (χ2n) is 4.36. The molecule has 2 rings (SSSR count). The Kier molecular flexibility index (Phi) is 4.08. The van der Waals surface area contributed by atoms with Crippen LogP contribution in [0.1, 0.15) is 31.5 Å². The Labute approximate surface area is 101 Å². The molecule has 0 aliphatic carbocycles. The van der Waals surface area contributed by atoms with E-state index in [1.165, 1.54) is 0 Å². The molecule has 0 spiro atoms. The molecule has 1 aromatic heterocycles. The van der Waals surface area contributed by atoms with Crippen molar-refractivity contribution in [1.82, 2.24) is 19.7 Å². The van der Waals surface area contributed by atoms with E-state index in [0.29, 0.717) is 19.5 Å². The summed E-state index contributed by atoms with van der Waals surface area (Å²) in [7, 11) is 0. The smallest absolute Gasteiger partial charge is 0.223 e. The van der Waals surface area contributed by atoms with Crippen LogP contribution >= 0.6 is 0 Å². The minimum absolute atomic E-state index is 0.219. The summed E-state index contributed by atoms with van der Waals surface area (Å²) < 4.78 is 2.00. The summed E-state index contributed by atoms with van der Waals surface area (Å²) >= 11 is 0. The van der Waals surface area contributed by atoms with Gasteiger partial charge in [-0.25, -0.2) is 0 Å². The van der Waals surface area contributed by atoms with Crippen molar-refractivity contribution in [1.29, 1.82) is 0 Å². The molecule has 0 unspecified atom stereocenters. The maximum absolute atomic E-state index is 11.9. The van der Waals surface area contributed by atoms with Crippen molar-refractivity contribution < 1.29 is 4.79 Å². The van der Waals surface area contributed by atoms with Crippen LogP contribution < -0.4 is 5.73 Å². The molecular weight excluding hydrogens is 218 g/mol. The molecule has 1 aromatic rings. The first kappa shape index (κ1) is 12.0. The first-order valence-electron chi connectivity index (χ1n) is 6.16. The number of nitrogens with zero attached hydrogens (tertiary/aromatic N) is 4. The number of rotatable bonds is 5. The second kappa shape index (κ2) is 5.77. The van der Waals surface area contributed by atoms with Crippen molar-refractivity contribution in [3.63, 3.8) is 0 Å². The van der Waals surface area contributed by atoms with Crippen molar-refractivity contribution in [2.75, 3.05) is 13.1 Å². The molecular formula is C11H19N5O. The van der Waals surface area contributed by atoms with E-state index in [2.05, 4.69) is 10.2 Å². The summed E-state index contributed by atoms with van der Waals surface area (Å²) in [5.74, 6) is 1.10. The second-order valence-corrected chi connectivity index (χ2v) is 4.36. The van der Waals surface area contributed by atoms with Crippen LogP contribution in [0.4, 0.5) is 0 Å². The maximum Gasteiger partial charge on any atom is 0.223 e. The number of aromatic nitrogens is 3. The van der Waals surface area contributed by atoms with E-state index < -0.39 is 0 Å². The highest BCUT2D eigenvalue weighted by molar-refractivity contribution is 5.76. The van der Waals surface area contributed by atoms with E-state index in [1.807, 2.05) is 9.47 Å². The highest BCUT2D eigenvalue weighted by Crippen LogP contribution is 2.11. The van der Waals surface area contributed by atoms with Crippen molar-refractivity contribution in [2.45, 2.75) is 38.8 Å². The number of amides is 1. The van der Waals surface area contributed by atoms with Gasteiger partial charge in [0.05, 0.1) is 6.54 Å². The lowest BCUT2D eigenvalue weighted by Gasteiger charge is -2.27. The molecule has 2 heterocycles. The molecule has 94 valence electrons. The van der Waals surface area contributed by atoms with Crippen molar-refractivity contribution in [2.24, 2.45) is 5.73 Å². The van der Waals surface area contributed by atoms with Crippen LogP contribution in [0.25, 0.3) is 0 Å². The Morgan fingerprint density at radius 2 is 2.24 bits per heavy atom. The molecule has 0 atom stereocenters. The number of fused-ring (bicyclic) bond motifs is 1. The molecule has 0 radical (unpaired) electrons. The van der Waals surface area contributed by atoms with Crippen LogP contribution in [0.15, 0.2) is 6.33 Å². The summed E-state index contributed by atoms with van der Waals surface area (Å²) in [4.78, 5) is 13.8. The average Bonchev–Trinajstić information content (AvgIpc) is 2.81. The monoisotopic (exact) mass is 237 g/mol. The lowest BCUT2D eigenvalue weighted by Crippen LogP contribution is -2.38. The summed E-state index contributed by atoms with van der Waals surface area (Å²) in [5, 5.41) is 7.85. The first-order valence-corrected chi connectivity index (χ1v) is 6.16. The van der Waals surface area contributed by atoms with Gasteiger partial charge in [-0.3, -0.25) is 4.79 Å². The Hall–Kier alpha value is -1.43. The van der Waals surface area contributed by atoms with Gasteiger partial charge in [-0.2, -0.15) is 0 Å². The zero-order valence-corrected chi connectivity index (χ0v) is 10.0. The number of hydrogen-bond acceptors (Lipinski definition) is 4. The zero-order chi connectivity index (χ0) is 12.1. The van der Waals surface area contributed by atoms with Gasteiger partial charge >= 0.3 is 0 Å². The first-order chi connectivity index (χ1) is 8.31. The molecule has 0 saturated carbocycles. The largest absolute Gasteiger partial charge is 0.333 e. The Morgan fingerprint density at radius 3 is 3.06 bits per heavy atom. The van der Waals surface area contributed by atoms with Gasteiger partial charge in [0.15, 0.2) is 5.82 Å². The molecule has 0 bridgehead atoms. The van der Waals surface area contributed by atoms with Gasteiger partial charge < -0.3 is 15.2 Å². The van der Waals surface area contributed by atoms with E-state index >= 15 is 0 Å². The zero-order valence-electron chi connectivity index (χ0n) is 10.0. The number of carbonyl (C=O) groups is 1. The minimum atomic E-state index is 0.219. The van der Waals surface area contributed by atoms with Crippen LogP contribution in [0.2, 0.25) is 0 Å². The Morgan fingerprint density at radius 1 is 1.35 bits per heavy atom. The Balaban J connectivity index is 1.78. The molecule has 1 aliphatic rings. The van der Waals surface area contributed by atoms with E-state index in [4.69, 9.17) is 5.73 Å². The fourth-order valence-electron chi connectivity index (χ4n) is 2.03. The number of hydrogen-bond donors (Lipinski definition) is 1. The van der Waals surface area contributed by atoms with Crippen LogP contribution in [0.5, 0.6) is 0 Å². The molecule has 6 heteroatoms. The molecule has 2 N–H and O–H groups in total. The van der Waals surface area contributed by atoms with E-state index in [1.54, 1.807) is 6.33 Å². The molecule has 0 saturated heterocycles. The van der Waals surface area contributed by atoms with Crippen molar-refractivity contribution in [3.8, 4) is 0 Å². The van der Waals surface area contributed by atoms with Crippen LogP contribution in [0, 0.1) is 0 Å². The lowest BCUT2D eigenvalue weighted by atomic mass is 10.1. The standard InChI is InChI=1S/C11H19N5O/c12-5-3-1-2-4-11(17)15-6-7-16-9-13-14-10(16)8-15/h9H,1-8,12H2. The normalized spacial score (nSPS) is 14.8. The average molecular weight is 237 g/mol. The van der Waals surface area contributed by atoms with Crippen molar-refractivity contribution in [3.05, 3.63) is 12.2 Å². The molecule has 0 aromatic carbocycles. The predicted molar refractivity (Wildman–Crippen MR) is 63.0 cm³/mol. The van der Waals surface area contributed by atoms with Gasteiger partial charge in [0.2, 0.25) is 5.91 Å². The number of carbonyl (C=O) groups excluding carboxylic acids is 1. The molecule has 1 aliphatic heterocycles. The topological polar surface area (TPSA) is 77.0 Å². The van der Waals surface area contributed by atoms with Crippen molar-refractivity contribution >= 4 is 5.91 Å². The van der Waals surface area contributed by atoms with Gasteiger partial charge in [-0.15, -0.1) is 10.2 Å². The Bertz CT molecular complexity index is 376. The van der Waals surface area contributed by atoms with Crippen LogP contribution in [0.3, 0.4) is 0 Å². The highest BCUT2D eigenvalue weighted by atomic mass is 16.2. The number of nitrogens with two attached hydrogens (primary N) is 1.